The van der Waals surface area contributed by atoms with E-state index in [1.54, 1.807) is 31.2 Å². The summed E-state index contributed by atoms with van der Waals surface area (Å²) >= 11 is 7.62. The molecule has 0 bridgehead atoms. The second kappa shape index (κ2) is 7.57. The average Bonchev–Trinajstić information content (AvgIpc) is 2.54. The first-order valence-electron chi connectivity index (χ1n) is 6.99. The Morgan fingerprint density at radius 2 is 1.83 bits per heavy atom. The molecule has 1 atom stereocenters. The fourth-order valence-electron chi connectivity index (χ4n) is 2.11. The second-order valence-electron chi connectivity index (χ2n) is 5.15. The lowest BCUT2D eigenvalue weighted by Crippen LogP contribution is -2.27. The van der Waals surface area contributed by atoms with E-state index in [1.807, 2.05) is 12.3 Å². The molecule has 2 aromatic carbocycles. The van der Waals surface area contributed by atoms with Crippen LogP contribution in [0.1, 0.15) is 28.9 Å². The van der Waals surface area contributed by atoms with Crippen molar-refractivity contribution in [2.75, 3.05) is 6.26 Å². The van der Waals surface area contributed by atoms with E-state index in [0.29, 0.717) is 10.6 Å². The molecule has 24 heavy (non-hydrogen) atoms. The minimum Gasteiger partial charge on any atom is -0.345 e. The highest BCUT2D eigenvalue weighted by atomic mass is 35.5. The smallest absolute Gasteiger partial charge is 0.253 e. The van der Waals surface area contributed by atoms with Crippen LogP contribution < -0.4 is 10.5 Å². The molecule has 128 valence electrons. The number of carbonyl (C=O) groups excluding carboxylic acids is 1. The molecule has 0 radical (unpaired) electrons. The number of amides is 1. The van der Waals surface area contributed by atoms with Crippen LogP contribution in [-0.4, -0.2) is 20.6 Å². The van der Waals surface area contributed by atoms with E-state index in [-0.39, 0.29) is 16.8 Å². The first-order valence-corrected chi connectivity index (χ1v) is 10.1. The van der Waals surface area contributed by atoms with E-state index >= 15 is 0 Å². The normalized spacial score (nSPS) is 12.7. The Bertz CT molecular complexity index is 852. The van der Waals surface area contributed by atoms with Crippen molar-refractivity contribution in [3.05, 3.63) is 58.6 Å². The highest BCUT2D eigenvalue weighted by Gasteiger charge is 2.16. The molecule has 1 amide bonds. The zero-order valence-corrected chi connectivity index (χ0v) is 15.5. The van der Waals surface area contributed by atoms with E-state index in [9.17, 15) is 13.2 Å². The predicted molar refractivity (Wildman–Crippen MR) is 96.9 cm³/mol. The summed E-state index contributed by atoms with van der Waals surface area (Å²) in [5.41, 5.74) is 1.16. The van der Waals surface area contributed by atoms with Gasteiger partial charge in [-0.1, -0.05) is 23.7 Å². The standard InChI is InChI=1S/C16H17ClN2O3S2/c1-10(11-3-6-13(7-4-11)24(18,21)22)19-16(20)14-9-12(23-2)5-8-15(14)17/h3-10H,1-2H3,(H,19,20)(H2,18,21,22). The van der Waals surface area contributed by atoms with Crippen molar-refractivity contribution in [3.63, 3.8) is 0 Å². The molecule has 0 aliphatic carbocycles. The largest absolute Gasteiger partial charge is 0.345 e. The van der Waals surface area contributed by atoms with Gasteiger partial charge in [-0.15, -0.1) is 11.8 Å². The van der Waals surface area contributed by atoms with Gasteiger partial charge in [-0.2, -0.15) is 0 Å². The van der Waals surface area contributed by atoms with Crippen LogP contribution in [0, 0.1) is 0 Å². The van der Waals surface area contributed by atoms with Crippen molar-refractivity contribution in [1.29, 1.82) is 0 Å². The number of nitrogens with two attached hydrogens (primary N) is 1. The first kappa shape index (κ1) is 18.8. The number of thioether (sulfide) groups is 1. The van der Waals surface area contributed by atoms with Gasteiger partial charge in [-0.05, 0) is 49.1 Å². The minimum atomic E-state index is -3.73. The third-order valence-electron chi connectivity index (χ3n) is 3.47. The van der Waals surface area contributed by atoms with Crippen molar-refractivity contribution in [3.8, 4) is 0 Å². The third kappa shape index (κ3) is 4.51. The van der Waals surface area contributed by atoms with Crippen molar-refractivity contribution in [1.82, 2.24) is 5.32 Å². The van der Waals surface area contributed by atoms with Gasteiger partial charge in [-0.25, -0.2) is 13.6 Å². The van der Waals surface area contributed by atoms with Crippen molar-refractivity contribution in [2.45, 2.75) is 22.8 Å². The van der Waals surface area contributed by atoms with E-state index < -0.39 is 10.0 Å². The molecule has 0 saturated heterocycles. The number of carbonyl (C=O) groups is 1. The van der Waals surface area contributed by atoms with Crippen molar-refractivity contribution >= 4 is 39.3 Å². The predicted octanol–water partition coefficient (Wildman–Crippen LogP) is 3.20. The van der Waals surface area contributed by atoms with Gasteiger partial charge < -0.3 is 5.32 Å². The van der Waals surface area contributed by atoms with Gasteiger partial charge >= 0.3 is 0 Å². The van der Waals surface area contributed by atoms with Crippen LogP contribution >= 0.6 is 23.4 Å². The summed E-state index contributed by atoms with van der Waals surface area (Å²) in [5, 5.41) is 8.30. The van der Waals surface area contributed by atoms with Crippen LogP contribution in [0.15, 0.2) is 52.3 Å². The molecule has 2 aromatic rings. The van der Waals surface area contributed by atoms with Crippen LogP contribution in [0.4, 0.5) is 0 Å². The SMILES string of the molecule is CSc1ccc(Cl)c(C(=O)NC(C)c2ccc(S(N)(=O)=O)cc2)c1. The molecule has 2 rings (SSSR count). The van der Waals surface area contributed by atoms with Crippen LogP contribution in [0.25, 0.3) is 0 Å². The second-order valence-corrected chi connectivity index (χ2v) is 8.00. The summed E-state index contributed by atoms with van der Waals surface area (Å²) < 4.78 is 22.5. The number of primary sulfonamides is 1. The van der Waals surface area contributed by atoms with Crippen molar-refractivity contribution in [2.24, 2.45) is 5.14 Å². The van der Waals surface area contributed by atoms with E-state index in [1.165, 1.54) is 23.9 Å². The molecular weight excluding hydrogens is 368 g/mol. The molecule has 8 heteroatoms. The Morgan fingerprint density at radius 3 is 2.38 bits per heavy atom. The maximum atomic E-state index is 12.4. The molecule has 1 unspecified atom stereocenters. The van der Waals surface area contributed by atoms with Gasteiger partial charge in [0.25, 0.3) is 5.91 Å². The topological polar surface area (TPSA) is 89.3 Å². The summed E-state index contributed by atoms with van der Waals surface area (Å²) in [7, 11) is -3.73. The zero-order chi connectivity index (χ0) is 17.9. The monoisotopic (exact) mass is 384 g/mol. The number of nitrogens with one attached hydrogen (secondary N) is 1. The highest BCUT2D eigenvalue weighted by molar-refractivity contribution is 7.98. The zero-order valence-electron chi connectivity index (χ0n) is 13.1. The lowest BCUT2D eigenvalue weighted by molar-refractivity contribution is 0.0940. The quantitative estimate of drug-likeness (QED) is 0.774. The van der Waals surface area contributed by atoms with Gasteiger partial charge in [0.05, 0.1) is 21.5 Å². The summed E-state index contributed by atoms with van der Waals surface area (Å²) in [4.78, 5) is 13.4. The molecule has 0 aromatic heterocycles. The Morgan fingerprint density at radius 1 is 1.21 bits per heavy atom. The van der Waals surface area contributed by atoms with E-state index in [4.69, 9.17) is 16.7 Å². The molecule has 0 saturated carbocycles. The maximum absolute atomic E-state index is 12.4. The van der Waals surface area contributed by atoms with Crippen LogP contribution in [0.3, 0.4) is 0 Å². The van der Waals surface area contributed by atoms with Crippen LogP contribution in [0.5, 0.6) is 0 Å². The Labute approximate surface area is 150 Å². The molecular formula is C16H17ClN2O3S2. The van der Waals surface area contributed by atoms with Gasteiger partial charge in [0, 0.05) is 4.90 Å². The first-order chi connectivity index (χ1) is 11.2. The number of rotatable bonds is 5. The Balaban J connectivity index is 2.17. The summed E-state index contributed by atoms with van der Waals surface area (Å²) in [5.74, 6) is -0.293. The number of hydrogen-bond acceptors (Lipinski definition) is 4. The number of benzene rings is 2. The summed E-state index contributed by atoms with van der Waals surface area (Å²) in [6.45, 7) is 1.80. The molecule has 3 N–H and O–H groups in total. The number of halogens is 1. The molecule has 0 heterocycles. The molecule has 0 fully saturated rings. The molecule has 0 aliphatic heterocycles. The van der Waals surface area contributed by atoms with Gasteiger partial charge in [0.1, 0.15) is 0 Å². The molecule has 0 aliphatic rings. The Kier molecular flexibility index (Phi) is 5.92. The number of sulfonamides is 1. The summed E-state index contributed by atoms with van der Waals surface area (Å²) in [6.07, 6.45) is 1.92. The lowest BCUT2D eigenvalue weighted by atomic mass is 10.1. The number of hydrogen-bond donors (Lipinski definition) is 2. The fraction of sp³-hybridized carbons (Fsp3) is 0.188. The minimum absolute atomic E-state index is 0.0282. The van der Waals surface area contributed by atoms with Gasteiger partial charge in [0.2, 0.25) is 10.0 Å². The van der Waals surface area contributed by atoms with Crippen molar-refractivity contribution < 1.29 is 13.2 Å². The fourth-order valence-corrected chi connectivity index (χ4v) is 3.27. The van der Waals surface area contributed by atoms with E-state index in [2.05, 4.69) is 5.32 Å². The Hall–Kier alpha value is -1.54. The van der Waals surface area contributed by atoms with E-state index in [0.717, 1.165) is 10.5 Å². The third-order valence-corrected chi connectivity index (χ3v) is 5.46. The van der Waals surface area contributed by atoms with Crippen LogP contribution in [-0.2, 0) is 10.0 Å². The van der Waals surface area contributed by atoms with Crippen LogP contribution in [0.2, 0.25) is 5.02 Å². The van der Waals surface area contributed by atoms with Gasteiger partial charge in [0.15, 0.2) is 0 Å². The molecule has 0 spiro atoms. The molecule has 5 nitrogen and oxygen atoms in total. The highest BCUT2D eigenvalue weighted by Crippen LogP contribution is 2.24. The van der Waals surface area contributed by atoms with Gasteiger partial charge in [-0.3, -0.25) is 4.79 Å². The maximum Gasteiger partial charge on any atom is 0.253 e. The average molecular weight is 385 g/mol. The summed E-state index contributed by atoms with van der Waals surface area (Å²) in [6, 6.07) is 11.0. The lowest BCUT2D eigenvalue weighted by Gasteiger charge is -2.15.